The third-order valence-corrected chi connectivity index (χ3v) is 4.00. The molecule has 0 saturated heterocycles. The number of hydrogen-bond acceptors (Lipinski definition) is 4. The van der Waals surface area contributed by atoms with Crippen molar-refractivity contribution in [1.29, 1.82) is 0 Å². The first kappa shape index (κ1) is 18.4. The van der Waals surface area contributed by atoms with Crippen LogP contribution in [0.25, 0.3) is 0 Å². The van der Waals surface area contributed by atoms with Gasteiger partial charge in [-0.25, -0.2) is 9.97 Å². The van der Waals surface area contributed by atoms with Crippen LogP contribution in [0.3, 0.4) is 0 Å². The van der Waals surface area contributed by atoms with E-state index < -0.39 is 5.54 Å². The molecule has 0 radical (unpaired) electrons. The van der Waals surface area contributed by atoms with Gasteiger partial charge in [0.05, 0.1) is 23.4 Å². The van der Waals surface area contributed by atoms with Gasteiger partial charge in [0.25, 0.3) is 5.91 Å². The molecule has 1 amide bonds. The molecule has 1 aromatic carbocycles. The van der Waals surface area contributed by atoms with E-state index in [2.05, 4.69) is 9.97 Å². The summed E-state index contributed by atoms with van der Waals surface area (Å²) in [6, 6.07) is 9.80. The van der Waals surface area contributed by atoms with Crippen molar-refractivity contribution in [3.05, 3.63) is 58.6 Å². The Bertz CT molecular complexity index is 705. The molecule has 1 aromatic heterocycles. The van der Waals surface area contributed by atoms with E-state index in [4.69, 9.17) is 16.3 Å². The molecule has 0 unspecified atom stereocenters. The fourth-order valence-electron chi connectivity index (χ4n) is 2.49. The van der Waals surface area contributed by atoms with E-state index in [0.717, 1.165) is 5.56 Å². The van der Waals surface area contributed by atoms with Crippen molar-refractivity contribution in [2.45, 2.75) is 32.9 Å². The number of amides is 1. The fourth-order valence-corrected chi connectivity index (χ4v) is 2.66. The van der Waals surface area contributed by atoms with Gasteiger partial charge in [0.2, 0.25) is 0 Å². The molecule has 6 heteroatoms. The van der Waals surface area contributed by atoms with Gasteiger partial charge in [0.15, 0.2) is 5.69 Å². The zero-order valence-electron chi connectivity index (χ0n) is 14.4. The first-order valence-electron chi connectivity index (χ1n) is 7.69. The average molecular weight is 348 g/mol. The highest BCUT2D eigenvalue weighted by Crippen LogP contribution is 2.24. The van der Waals surface area contributed by atoms with Gasteiger partial charge in [-0.3, -0.25) is 4.79 Å². The normalized spacial score (nSPS) is 11.4. The highest BCUT2D eigenvalue weighted by atomic mass is 35.5. The highest BCUT2D eigenvalue weighted by molar-refractivity contribution is 6.33. The second kappa shape index (κ2) is 7.73. The number of carbonyl (C=O) groups is 1. The number of aromatic nitrogens is 2. The van der Waals surface area contributed by atoms with Crippen LogP contribution in [-0.2, 0) is 11.3 Å². The Morgan fingerprint density at radius 1 is 1.29 bits per heavy atom. The molecule has 0 aliphatic heterocycles. The first-order chi connectivity index (χ1) is 11.3. The van der Waals surface area contributed by atoms with E-state index in [1.807, 2.05) is 44.2 Å². The first-order valence-corrected chi connectivity index (χ1v) is 8.07. The second-order valence-corrected chi connectivity index (χ2v) is 6.64. The summed E-state index contributed by atoms with van der Waals surface area (Å²) in [4.78, 5) is 23.1. The predicted octanol–water partition coefficient (Wildman–Crippen LogP) is 3.51. The molecule has 0 atom stereocenters. The van der Waals surface area contributed by atoms with Crippen LogP contribution in [0.4, 0.5) is 0 Å². The number of carbonyl (C=O) groups excluding carboxylic acids is 1. The molecular formula is C18H22ClN3O2. The van der Waals surface area contributed by atoms with Gasteiger partial charge in [-0.05, 0) is 26.3 Å². The summed E-state index contributed by atoms with van der Waals surface area (Å²) in [5, 5.41) is 0.247. The number of ether oxygens (including phenoxy) is 1. The summed E-state index contributed by atoms with van der Waals surface area (Å²) in [5.41, 5.74) is 0.713. The van der Waals surface area contributed by atoms with E-state index >= 15 is 0 Å². The Kier molecular flexibility index (Phi) is 5.91. The summed E-state index contributed by atoms with van der Waals surface area (Å²) >= 11 is 6.16. The Morgan fingerprint density at radius 3 is 2.58 bits per heavy atom. The molecule has 128 valence electrons. The van der Waals surface area contributed by atoms with Gasteiger partial charge < -0.3 is 9.64 Å². The Hall–Kier alpha value is -1.98. The molecule has 24 heavy (non-hydrogen) atoms. The van der Waals surface area contributed by atoms with E-state index in [-0.39, 0.29) is 16.6 Å². The highest BCUT2D eigenvalue weighted by Gasteiger charge is 2.33. The zero-order chi connectivity index (χ0) is 17.7. The van der Waals surface area contributed by atoms with Crippen LogP contribution in [0.5, 0.6) is 0 Å². The lowest BCUT2D eigenvalue weighted by molar-refractivity contribution is 0.0226. The number of methoxy groups -OCH3 is 1. The van der Waals surface area contributed by atoms with Crippen molar-refractivity contribution in [2.24, 2.45) is 0 Å². The number of nitrogens with zero attached hydrogens (tertiary/aromatic N) is 3. The van der Waals surface area contributed by atoms with Crippen molar-refractivity contribution in [1.82, 2.24) is 14.9 Å². The minimum absolute atomic E-state index is 0.212. The molecule has 0 fully saturated rings. The lowest BCUT2D eigenvalue weighted by Gasteiger charge is -2.38. The van der Waals surface area contributed by atoms with Gasteiger partial charge in [0.1, 0.15) is 5.82 Å². The molecule has 2 rings (SSSR count). The molecule has 0 spiro atoms. The fraction of sp³-hybridized carbons (Fsp3) is 0.389. The summed E-state index contributed by atoms with van der Waals surface area (Å²) in [6.07, 6.45) is 1.46. The lowest BCUT2D eigenvalue weighted by atomic mass is 10.0. The van der Waals surface area contributed by atoms with Gasteiger partial charge >= 0.3 is 0 Å². The number of halogens is 1. The van der Waals surface area contributed by atoms with Crippen LogP contribution < -0.4 is 0 Å². The number of rotatable bonds is 6. The standard InChI is InChI=1S/C18H22ClN3O2/c1-13-20-10-15(19)16(21-13)17(23)22(18(2,3)12-24-4)11-14-8-6-5-7-9-14/h5-10H,11-12H2,1-4H3. The van der Waals surface area contributed by atoms with Crippen molar-refractivity contribution in [3.8, 4) is 0 Å². The quantitative estimate of drug-likeness (QED) is 0.802. The maximum Gasteiger partial charge on any atom is 0.274 e. The third kappa shape index (κ3) is 4.30. The summed E-state index contributed by atoms with van der Waals surface area (Å²) in [7, 11) is 1.62. The summed E-state index contributed by atoms with van der Waals surface area (Å²) < 4.78 is 5.31. The molecule has 0 aliphatic carbocycles. The largest absolute Gasteiger partial charge is 0.382 e. The van der Waals surface area contributed by atoms with Crippen molar-refractivity contribution >= 4 is 17.5 Å². The predicted molar refractivity (Wildman–Crippen MR) is 94.0 cm³/mol. The minimum Gasteiger partial charge on any atom is -0.382 e. The maximum atomic E-state index is 13.1. The lowest BCUT2D eigenvalue weighted by Crippen LogP contribution is -2.50. The smallest absolute Gasteiger partial charge is 0.274 e. The number of hydrogen-bond donors (Lipinski definition) is 0. The van der Waals surface area contributed by atoms with Gasteiger partial charge in [0, 0.05) is 13.7 Å². The summed E-state index contributed by atoms with van der Waals surface area (Å²) in [5.74, 6) is 0.267. The number of benzene rings is 1. The molecule has 2 aromatic rings. The molecular weight excluding hydrogens is 326 g/mol. The van der Waals surface area contributed by atoms with Crippen molar-refractivity contribution in [2.75, 3.05) is 13.7 Å². The number of aryl methyl sites for hydroxylation is 1. The maximum absolute atomic E-state index is 13.1. The Morgan fingerprint density at radius 2 is 1.96 bits per heavy atom. The molecule has 0 aliphatic rings. The van der Waals surface area contributed by atoms with Crippen molar-refractivity contribution < 1.29 is 9.53 Å². The van der Waals surface area contributed by atoms with Crippen LogP contribution in [0.1, 0.15) is 35.7 Å². The van der Waals surface area contributed by atoms with Crippen LogP contribution in [-0.4, -0.2) is 40.0 Å². The van der Waals surface area contributed by atoms with Crippen LogP contribution in [0, 0.1) is 6.92 Å². The van der Waals surface area contributed by atoms with E-state index in [1.54, 1.807) is 18.9 Å². The molecule has 1 heterocycles. The second-order valence-electron chi connectivity index (χ2n) is 6.24. The third-order valence-electron chi connectivity index (χ3n) is 3.72. The van der Waals surface area contributed by atoms with E-state index in [0.29, 0.717) is 19.0 Å². The van der Waals surface area contributed by atoms with Crippen LogP contribution in [0.2, 0.25) is 5.02 Å². The van der Waals surface area contributed by atoms with Gasteiger partial charge in [-0.15, -0.1) is 0 Å². The topological polar surface area (TPSA) is 55.3 Å². The monoisotopic (exact) mass is 347 g/mol. The van der Waals surface area contributed by atoms with Gasteiger partial charge in [-0.1, -0.05) is 41.9 Å². The van der Waals surface area contributed by atoms with E-state index in [9.17, 15) is 4.79 Å². The average Bonchev–Trinajstić information content (AvgIpc) is 2.55. The Labute approximate surface area is 147 Å². The van der Waals surface area contributed by atoms with Crippen LogP contribution in [0.15, 0.2) is 36.5 Å². The molecule has 0 bridgehead atoms. The minimum atomic E-state index is -0.524. The molecule has 5 nitrogen and oxygen atoms in total. The van der Waals surface area contributed by atoms with Gasteiger partial charge in [-0.2, -0.15) is 0 Å². The Balaban J connectivity index is 2.41. The SMILES string of the molecule is COCC(C)(C)N(Cc1ccccc1)C(=O)c1nc(C)ncc1Cl. The van der Waals surface area contributed by atoms with Crippen molar-refractivity contribution in [3.63, 3.8) is 0 Å². The molecule has 0 N–H and O–H groups in total. The van der Waals surface area contributed by atoms with E-state index in [1.165, 1.54) is 6.20 Å². The summed E-state index contributed by atoms with van der Waals surface area (Å²) in [6.45, 7) is 6.48. The van der Waals surface area contributed by atoms with Crippen LogP contribution >= 0.6 is 11.6 Å². The molecule has 0 saturated carbocycles. The zero-order valence-corrected chi connectivity index (χ0v) is 15.2.